The van der Waals surface area contributed by atoms with E-state index in [0.717, 1.165) is 18.7 Å². The van der Waals surface area contributed by atoms with Crippen LogP contribution in [0.2, 0.25) is 10.0 Å². The number of pyridine rings is 1. The van der Waals surface area contributed by atoms with Gasteiger partial charge in [-0.15, -0.1) is 0 Å². The van der Waals surface area contributed by atoms with Crippen LogP contribution in [0.4, 0.5) is 0 Å². The van der Waals surface area contributed by atoms with Gasteiger partial charge >= 0.3 is 0 Å². The van der Waals surface area contributed by atoms with Crippen molar-refractivity contribution in [3.8, 4) is 0 Å². The van der Waals surface area contributed by atoms with Crippen LogP contribution in [0.15, 0.2) is 12.3 Å². The molecular weight excluding hydrogens is 243 g/mol. The van der Waals surface area contributed by atoms with E-state index in [2.05, 4.69) is 31.1 Å². The molecule has 1 aromatic rings. The van der Waals surface area contributed by atoms with E-state index in [0.29, 0.717) is 16.0 Å². The first-order chi connectivity index (χ1) is 7.60. The van der Waals surface area contributed by atoms with E-state index in [-0.39, 0.29) is 6.04 Å². The minimum atomic E-state index is 0.194. The zero-order valence-corrected chi connectivity index (χ0v) is 11.4. The number of nitrogens with one attached hydrogen (secondary N) is 1. The van der Waals surface area contributed by atoms with Gasteiger partial charge in [-0.1, -0.05) is 50.4 Å². The molecule has 1 N–H and O–H groups in total. The second-order valence-corrected chi connectivity index (χ2v) is 4.79. The maximum absolute atomic E-state index is 6.17. The Morgan fingerprint density at radius 3 is 2.56 bits per heavy atom. The number of halogens is 2. The molecule has 0 aliphatic heterocycles. The van der Waals surface area contributed by atoms with Crippen LogP contribution in [0.1, 0.15) is 38.9 Å². The molecule has 16 heavy (non-hydrogen) atoms. The Hall–Kier alpha value is -0.310. The molecule has 0 aliphatic rings. The second-order valence-electron chi connectivity index (χ2n) is 3.94. The third-order valence-electron chi connectivity index (χ3n) is 2.77. The molecule has 0 radical (unpaired) electrons. The zero-order valence-electron chi connectivity index (χ0n) is 9.93. The standard InChI is InChI=1S/C12H18Cl2N2/c1-4-8(3)11(15-5-2)12-10(14)6-9(13)7-16-12/h6-8,11,15H,4-5H2,1-3H3. The molecule has 1 rings (SSSR count). The molecule has 0 bridgehead atoms. The van der Waals surface area contributed by atoms with Crippen molar-refractivity contribution in [2.75, 3.05) is 6.54 Å². The van der Waals surface area contributed by atoms with Gasteiger partial charge in [0.1, 0.15) is 0 Å². The van der Waals surface area contributed by atoms with Crippen molar-refractivity contribution >= 4 is 23.2 Å². The van der Waals surface area contributed by atoms with Crippen molar-refractivity contribution in [1.82, 2.24) is 10.3 Å². The van der Waals surface area contributed by atoms with Crippen LogP contribution in [0.3, 0.4) is 0 Å². The Balaban J connectivity index is 3.00. The molecule has 0 amide bonds. The van der Waals surface area contributed by atoms with Crippen LogP contribution in [0.5, 0.6) is 0 Å². The summed E-state index contributed by atoms with van der Waals surface area (Å²) in [6.45, 7) is 7.34. The molecule has 0 saturated heterocycles. The summed E-state index contributed by atoms with van der Waals surface area (Å²) in [6, 6.07) is 1.94. The molecular formula is C12H18Cl2N2. The summed E-state index contributed by atoms with van der Waals surface area (Å²) in [5.41, 5.74) is 0.891. The van der Waals surface area contributed by atoms with Gasteiger partial charge in [0.05, 0.1) is 21.8 Å². The molecule has 4 heteroatoms. The Bertz CT molecular complexity index is 342. The van der Waals surface area contributed by atoms with Gasteiger partial charge in [-0.25, -0.2) is 0 Å². The lowest BCUT2D eigenvalue weighted by molar-refractivity contribution is 0.376. The highest BCUT2D eigenvalue weighted by molar-refractivity contribution is 6.34. The van der Waals surface area contributed by atoms with Gasteiger partial charge in [-0.3, -0.25) is 4.98 Å². The molecule has 90 valence electrons. The lowest BCUT2D eigenvalue weighted by Gasteiger charge is -2.24. The fraction of sp³-hybridized carbons (Fsp3) is 0.583. The normalized spacial score (nSPS) is 14.8. The van der Waals surface area contributed by atoms with Crippen molar-refractivity contribution < 1.29 is 0 Å². The summed E-state index contributed by atoms with van der Waals surface area (Å²) in [4.78, 5) is 4.34. The third-order valence-corrected chi connectivity index (χ3v) is 3.28. The highest BCUT2D eigenvalue weighted by atomic mass is 35.5. The van der Waals surface area contributed by atoms with Crippen LogP contribution >= 0.6 is 23.2 Å². The second kappa shape index (κ2) is 6.43. The number of aromatic nitrogens is 1. The first-order valence-electron chi connectivity index (χ1n) is 5.64. The predicted octanol–water partition coefficient (Wildman–Crippen LogP) is 4.09. The molecule has 0 fully saturated rings. The van der Waals surface area contributed by atoms with Crippen molar-refractivity contribution in [3.63, 3.8) is 0 Å². The van der Waals surface area contributed by atoms with E-state index in [1.165, 1.54) is 0 Å². The maximum Gasteiger partial charge on any atom is 0.0762 e. The molecule has 2 atom stereocenters. The average Bonchev–Trinajstić information content (AvgIpc) is 2.26. The molecule has 0 aliphatic carbocycles. The van der Waals surface area contributed by atoms with Crippen LogP contribution in [-0.2, 0) is 0 Å². The van der Waals surface area contributed by atoms with Crippen molar-refractivity contribution in [2.45, 2.75) is 33.2 Å². The number of nitrogens with zero attached hydrogens (tertiary/aromatic N) is 1. The minimum Gasteiger partial charge on any atom is -0.309 e. The van der Waals surface area contributed by atoms with Crippen molar-refractivity contribution in [2.24, 2.45) is 5.92 Å². The third kappa shape index (κ3) is 3.34. The van der Waals surface area contributed by atoms with Gasteiger partial charge in [0.15, 0.2) is 0 Å². The van der Waals surface area contributed by atoms with E-state index in [1.54, 1.807) is 12.3 Å². The van der Waals surface area contributed by atoms with Gasteiger partial charge in [0.2, 0.25) is 0 Å². The Morgan fingerprint density at radius 2 is 2.06 bits per heavy atom. The Morgan fingerprint density at radius 1 is 1.38 bits per heavy atom. The highest BCUT2D eigenvalue weighted by Crippen LogP contribution is 2.29. The largest absolute Gasteiger partial charge is 0.309 e. The molecule has 0 saturated carbocycles. The SMILES string of the molecule is CCNC(c1ncc(Cl)cc1Cl)C(C)CC. The molecule has 0 aromatic carbocycles. The Kier molecular flexibility index (Phi) is 5.53. The summed E-state index contributed by atoms with van der Waals surface area (Å²) >= 11 is 12.0. The fourth-order valence-corrected chi connectivity index (χ4v) is 2.17. The van der Waals surface area contributed by atoms with Gasteiger partial charge in [0.25, 0.3) is 0 Å². The van der Waals surface area contributed by atoms with Crippen LogP contribution in [0.25, 0.3) is 0 Å². The molecule has 2 unspecified atom stereocenters. The number of hydrogen-bond acceptors (Lipinski definition) is 2. The van der Waals surface area contributed by atoms with Gasteiger partial charge < -0.3 is 5.32 Å². The van der Waals surface area contributed by atoms with E-state index >= 15 is 0 Å². The topological polar surface area (TPSA) is 24.9 Å². The smallest absolute Gasteiger partial charge is 0.0762 e. The number of rotatable bonds is 5. The van der Waals surface area contributed by atoms with Crippen molar-refractivity contribution in [3.05, 3.63) is 28.0 Å². The summed E-state index contributed by atoms with van der Waals surface area (Å²) in [5.74, 6) is 0.492. The summed E-state index contributed by atoms with van der Waals surface area (Å²) in [5, 5.41) is 4.63. The van der Waals surface area contributed by atoms with Crippen molar-refractivity contribution in [1.29, 1.82) is 0 Å². The molecule has 2 nitrogen and oxygen atoms in total. The van der Waals surface area contributed by atoms with E-state index < -0.39 is 0 Å². The van der Waals surface area contributed by atoms with E-state index in [9.17, 15) is 0 Å². The highest BCUT2D eigenvalue weighted by Gasteiger charge is 2.20. The first-order valence-corrected chi connectivity index (χ1v) is 6.40. The van der Waals surface area contributed by atoms with Gasteiger partial charge in [-0.05, 0) is 18.5 Å². The zero-order chi connectivity index (χ0) is 12.1. The summed E-state index contributed by atoms with van der Waals surface area (Å²) in [7, 11) is 0. The van der Waals surface area contributed by atoms with Crippen LogP contribution in [-0.4, -0.2) is 11.5 Å². The summed E-state index contributed by atoms with van der Waals surface area (Å²) in [6.07, 6.45) is 2.73. The maximum atomic E-state index is 6.17. The first kappa shape index (κ1) is 13.8. The average molecular weight is 261 g/mol. The summed E-state index contributed by atoms with van der Waals surface area (Å²) < 4.78 is 0. The fourth-order valence-electron chi connectivity index (χ4n) is 1.68. The minimum absolute atomic E-state index is 0.194. The molecule has 1 aromatic heterocycles. The predicted molar refractivity (Wildman–Crippen MR) is 70.1 cm³/mol. The monoisotopic (exact) mass is 260 g/mol. The van der Waals surface area contributed by atoms with Crippen LogP contribution in [0, 0.1) is 5.92 Å². The van der Waals surface area contributed by atoms with Gasteiger partial charge in [0, 0.05) is 6.20 Å². The molecule has 1 heterocycles. The number of hydrogen-bond donors (Lipinski definition) is 1. The van der Waals surface area contributed by atoms with Gasteiger partial charge in [-0.2, -0.15) is 0 Å². The van der Waals surface area contributed by atoms with E-state index in [4.69, 9.17) is 23.2 Å². The van der Waals surface area contributed by atoms with Crippen LogP contribution < -0.4 is 5.32 Å². The quantitative estimate of drug-likeness (QED) is 0.863. The Labute approximate surface area is 107 Å². The van der Waals surface area contributed by atoms with E-state index in [1.807, 2.05) is 0 Å². The lowest BCUT2D eigenvalue weighted by atomic mass is 9.96. The molecule has 0 spiro atoms. The lowest BCUT2D eigenvalue weighted by Crippen LogP contribution is -2.27.